The molecule has 0 amide bonds. The first-order valence-electron chi connectivity index (χ1n) is 12.7. The number of aromatic nitrogens is 1. The Kier molecular flexibility index (Phi) is 8.47. The second kappa shape index (κ2) is 11.2. The fourth-order valence-corrected chi connectivity index (χ4v) is 4.64. The van der Waals surface area contributed by atoms with E-state index in [0.717, 1.165) is 34.9 Å². The normalized spacial score (nSPS) is 14.1. The van der Waals surface area contributed by atoms with Crippen molar-refractivity contribution in [2.24, 2.45) is 0 Å². The Bertz CT molecular complexity index is 1770. The summed E-state index contributed by atoms with van der Waals surface area (Å²) in [5.74, 6) is -53.2. The Morgan fingerprint density at radius 2 is 1.02 bits per heavy atom. The van der Waals surface area contributed by atoms with Crippen LogP contribution in [-0.4, -0.2) is 52.1 Å². The lowest BCUT2D eigenvalue weighted by molar-refractivity contribution is -0.449. The summed E-state index contributed by atoms with van der Waals surface area (Å²) in [5, 5.41) is -0.729. The topological polar surface area (TPSA) is 22.0 Å². The summed E-state index contributed by atoms with van der Waals surface area (Å²) < 4.78 is 224. The minimum atomic E-state index is -8.55. The van der Waals surface area contributed by atoms with E-state index in [0.29, 0.717) is 17.7 Å². The summed E-state index contributed by atoms with van der Waals surface area (Å²) in [6.45, 7) is -0.393. The van der Waals surface area contributed by atoms with Gasteiger partial charge in [-0.15, -0.1) is 0 Å². The van der Waals surface area contributed by atoms with E-state index >= 15 is 8.78 Å². The molecule has 18 heteroatoms. The van der Waals surface area contributed by atoms with Crippen LogP contribution in [0.1, 0.15) is 15.9 Å². The summed E-state index contributed by atoms with van der Waals surface area (Å²) >= 11 is 0. The number of fused-ring (bicyclic) bond motifs is 1. The van der Waals surface area contributed by atoms with Gasteiger partial charge in [0.15, 0.2) is 0 Å². The third kappa shape index (κ3) is 5.19. The fraction of sp³-hybridized carbons (Fsp3) is 0.276. The molecule has 3 aromatic carbocycles. The third-order valence-electron chi connectivity index (χ3n) is 7.11. The maximum atomic E-state index is 15.3. The number of benzene rings is 3. The average Bonchev–Trinajstić information content (AvgIpc) is 3.30. The molecule has 1 aromatic heterocycles. The molecule has 2 nitrogen and oxygen atoms in total. The number of halogens is 16. The zero-order valence-electron chi connectivity index (χ0n) is 22.6. The largest absolute Gasteiger partial charge is 0.460 e. The number of hydrogen-bond donors (Lipinski definition) is 0. The number of alkyl halides is 15. The van der Waals surface area contributed by atoms with Gasteiger partial charge in [-0.2, -0.15) is 65.9 Å². The van der Waals surface area contributed by atoms with Crippen LogP contribution in [0.15, 0.2) is 78.9 Å². The minimum absolute atomic E-state index is 0.258. The van der Waals surface area contributed by atoms with E-state index in [-0.39, 0.29) is 5.52 Å². The molecule has 0 aliphatic heterocycles. The Labute approximate surface area is 252 Å². The van der Waals surface area contributed by atoms with E-state index in [1.54, 1.807) is 6.07 Å². The van der Waals surface area contributed by atoms with Crippen LogP contribution in [0.25, 0.3) is 22.2 Å². The van der Waals surface area contributed by atoms with Crippen molar-refractivity contribution < 1.29 is 75.0 Å². The highest BCUT2D eigenvalue weighted by atomic mass is 19.4. The number of para-hydroxylation sites is 1. The first-order valence-corrected chi connectivity index (χ1v) is 12.7. The van der Waals surface area contributed by atoms with Gasteiger partial charge in [0.2, 0.25) is 5.78 Å². The number of carbonyl (C=O) groups excluding carboxylic acids is 1. The van der Waals surface area contributed by atoms with Gasteiger partial charge in [0.1, 0.15) is 5.82 Å². The van der Waals surface area contributed by atoms with Crippen molar-refractivity contribution in [1.82, 2.24) is 4.57 Å². The van der Waals surface area contributed by atoms with Gasteiger partial charge in [0.05, 0.1) is 11.3 Å². The van der Waals surface area contributed by atoms with E-state index < -0.39 is 82.1 Å². The second-order valence-electron chi connectivity index (χ2n) is 10.1. The Morgan fingerprint density at radius 3 is 1.55 bits per heavy atom. The van der Waals surface area contributed by atoms with Crippen molar-refractivity contribution in [2.75, 3.05) is 0 Å². The molecule has 0 unspecified atom stereocenters. The first kappa shape index (κ1) is 35.6. The van der Waals surface area contributed by atoms with Crippen LogP contribution in [0.4, 0.5) is 70.2 Å². The van der Waals surface area contributed by atoms with E-state index in [1.165, 1.54) is 30.3 Å². The highest BCUT2D eigenvalue weighted by molar-refractivity contribution is 6.16. The van der Waals surface area contributed by atoms with Gasteiger partial charge in [-0.25, -0.2) is 4.39 Å². The smallest absolute Gasteiger partial charge is 0.335 e. The van der Waals surface area contributed by atoms with Gasteiger partial charge in [-0.1, -0.05) is 48.5 Å². The summed E-state index contributed by atoms with van der Waals surface area (Å²) in [7, 11) is 0. The lowest BCUT2D eigenvalue weighted by atomic mass is 9.87. The molecule has 0 saturated heterocycles. The van der Waals surface area contributed by atoms with Gasteiger partial charge in [0.25, 0.3) is 0 Å². The van der Waals surface area contributed by atoms with Crippen molar-refractivity contribution in [3.63, 3.8) is 0 Å². The summed E-state index contributed by atoms with van der Waals surface area (Å²) in [6.07, 6.45) is -7.76. The maximum absolute atomic E-state index is 15.3. The van der Waals surface area contributed by atoms with Crippen LogP contribution in [0.3, 0.4) is 0 Å². The average molecular weight is 697 g/mol. The molecule has 4 rings (SSSR count). The molecular weight excluding hydrogens is 682 g/mol. The van der Waals surface area contributed by atoms with Gasteiger partial charge in [-0.05, 0) is 41.5 Å². The highest BCUT2D eigenvalue weighted by Crippen LogP contribution is 2.62. The molecule has 0 N–H and O–H groups in total. The quantitative estimate of drug-likeness (QED) is 0.120. The number of hydrogen-bond acceptors (Lipinski definition) is 1. The zero-order chi connectivity index (χ0) is 35.6. The lowest BCUT2D eigenvalue weighted by Gasteiger charge is -2.41. The molecule has 4 aromatic rings. The van der Waals surface area contributed by atoms with Gasteiger partial charge in [-0.3, -0.25) is 4.79 Å². The predicted octanol–water partition coefficient (Wildman–Crippen LogP) is 10.1. The van der Waals surface area contributed by atoms with Crippen LogP contribution in [0, 0.1) is 5.82 Å². The molecule has 254 valence electrons. The van der Waals surface area contributed by atoms with Crippen molar-refractivity contribution in [3.05, 3.63) is 95.8 Å². The second-order valence-corrected chi connectivity index (χ2v) is 10.1. The number of rotatable bonds is 10. The summed E-state index contributed by atoms with van der Waals surface area (Å²) in [4.78, 5) is 13.2. The van der Waals surface area contributed by atoms with Crippen LogP contribution in [0.2, 0.25) is 0 Å². The molecule has 0 aliphatic carbocycles. The minimum Gasteiger partial charge on any atom is -0.335 e. The molecule has 0 atom stereocenters. The predicted molar refractivity (Wildman–Crippen MR) is 133 cm³/mol. The van der Waals surface area contributed by atoms with Crippen LogP contribution >= 0.6 is 0 Å². The Hall–Kier alpha value is -4.25. The molecular formula is C29H15F16NO. The fourth-order valence-electron chi connectivity index (χ4n) is 4.64. The Morgan fingerprint density at radius 1 is 0.553 bits per heavy atom. The standard InChI is InChI=1S/C29H15F16NO/c30-17-12-10-16(11-13-17)21-20(18-8-4-5-9-19(18)46(21)14-15-6-2-1-3-7-15)22(47)23(31,32)24(33,34)25(35,36)26(37,38)27(39,40)28(41,42)29(43,44)45/h1-13H,14H2. The monoisotopic (exact) mass is 697 g/mol. The van der Waals surface area contributed by atoms with E-state index in [1.807, 2.05) is 0 Å². The van der Waals surface area contributed by atoms with Crippen molar-refractivity contribution in [3.8, 4) is 11.3 Å². The molecule has 0 bridgehead atoms. The van der Waals surface area contributed by atoms with E-state index in [4.69, 9.17) is 0 Å². The maximum Gasteiger partial charge on any atom is 0.460 e. The molecule has 0 fully saturated rings. The molecule has 0 radical (unpaired) electrons. The van der Waals surface area contributed by atoms with E-state index in [9.17, 15) is 66.3 Å². The van der Waals surface area contributed by atoms with Gasteiger partial charge in [0, 0.05) is 17.4 Å². The molecule has 0 spiro atoms. The Balaban J connectivity index is 1.97. The molecule has 47 heavy (non-hydrogen) atoms. The van der Waals surface area contributed by atoms with Crippen molar-refractivity contribution in [1.29, 1.82) is 0 Å². The summed E-state index contributed by atoms with van der Waals surface area (Å²) in [5.41, 5.74) is -2.77. The van der Waals surface area contributed by atoms with Gasteiger partial charge >= 0.3 is 41.7 Å². The van der Waals surface area contributed by atoms with Crippen molar-refractivity contribution >= 4 is 16.7 Å². The zero-order valence-corrected chi connectivity index (χ0v) is 22.6. The first-order chi connectivity index (χ1) is 21.4. The number of ketones is 1. The highest BCUT2D eigenvalue weighted by Gasteiger charge is 2.94. The van der Waals surface area contributed by atoms with Crippen molar-refractivity contribution in [2.45, 2.75) is 48.3 Å². The molecule has 1 heterocycles. The number of carbonyl (C=O) groups is 1. The van der Waals surface area contributed by atoms with Crippen LogP contribution < -0.4 is 0 Å². The third-order valence-corrected chi connectivity index (χ3v) is 7.11. The lowest BCUT2D eigenvalue weighted by Crippen LogP contribution is -2.73. The van der Waals surface area contributed by atoms with E-state index in [2.05, 4.69) is 0 Å². The van der Waals surface area contributed by atoms with Crippen LogP contribution in [0.5, 0.6) is 0 Å². The number of nitrogens with zero attached hydrogens (tertiary/aromatic N) is 1. The number of Topliss-reactive ketones (excluding diaryl/α,β-unsaturated/α-hetero) is 1. The molecule has 0 aliphatic rings. The summed E-state index contributed by atoms with van der Waals surface area (Å²) in [6, 6.07) is 14.6. The molecule has 0 saturated carbocycles. The SMILES string of the molecule is O=C(c1c(-c2ccc(F)cc2)n(Cc2ccccc2)c2ccccc12)C(F)(F)C(F)(F)C(F)(F)C(F)(F)C(F)(F)C(F)(F)C(F)(F)F. The van der Waals surface area contributed by atoms with Crippen LogP contribution in [-0.2, 0) is 6.54 Å². The van der Waals surface area contributed by atoms with Gasteiger partial charge < -0.3 is 4.57 Å².